The Hall–Kier alpha value is -4.24. The molecule has 2 aromatic carbocycles. The number of nitrogens with two attached hydrogens (primary N) is 1. The summed E-state index contributed by atoms with van der Waals surface area (Å²) in [6.45, 7) is 0. The fourth-order valence-corrected chi connectivity index (χ4v) is 3.76. The summed E-state index contributed by atoms with van der Waals surface area (Å²) < 4.78 is 61.6. The minimum Gasteiger partial charge on any atom is -0.495 e. The Morgan fingerprint density at radius 2 is 1.84 bits per heavy atom. The second-order valence-electron chi connectivity index (χ2n) is 6.14. The van der Waals surface area contributed by atoms with Gasteiger partial charge in [-0.3, -0.25) is 4.72 Å². The molecule has 0 radical (unpaired) electrons. The van der Waals surface area contributed by atoms with E-state index in [4.69, 9.17) is 15.6 Å². The Balaban J connectivity index is 2.02. The van der Waals surface area contributed by atoms with Gasteiger partial charge in [-0.2, -0.15) is 0 Å². The predicted octanol–water partition coefficient (Wildman–Crippen LogP) is 2.24. The van der Waals surface area contributed by atoms with Gasteiger partial charge in [-0.25, -0.2) is 32.0 Å². The van der Waals surface area contributed by atoms with Crippen molar-refractivity contribution in [1.82, 2.24) is 9.97 Å². The van der Waals surface area contributed by atoms with Crippen LogP contribution in [0.15, 0.2) is 47.6 Å². The van der Waals surface area contributed by atoms with Gasteiger partial charge >= 0.3 is 5.97 Å². The molecule has 0 spiro atoms. The molecule has 12 heteroatoms. The number of carboxylic acid groups (broad SMARTS) is 1. The molecular weight excluding hydrogens is 446 g/mol. The fraction of sp³-hybridized carbons (Fsp3) is 0.0500. The third kappa shape index (κ3) is 4.73. The highest BCUT2D eigenvalue weighted by Gasteiger charge is 2.24. The van der Waals surface area contributed by atoms with E-state index in [1.54, 1.807) is 0 Å². The fourth-order valence-electron chi connectivity index (χ4n) is 2.50. The molecule has 0 saturated heterocycles. The van der Waals surface area contributed by atoms with Crippen molar-refractivity contribution in [2.75, 3.05) is 17.6 Å². The predicted molar refractivity (Wildman–Crippen MR) is 110 cm³/mol. The third-order valence-corrected chi connectivity index (χ3v) is 5.43. The van der Waals surface area contributed by atoms with E-state index in [0.29, 0.717) is 0 Å². The Labute approximate surface area is 180 Å². The molecule has 0 aliphatic rings. The summed E-state index contributed by atoms with van der Waals surface area (Å²) in [6.07, 6.45) is 2.50. The number of aromatic carboxylic acids is 1. The lowest BCUT2D eigenvalue weighted by Gasteiger charge is -2.13. The average molecular weight is 460 g/mol. The van der Waals surface area contributed by atoms with E-state index >= 15 is 0 Å². The largest absolute Gasteiger partial charge is 0.495 e. The first-order valence-electron chi connectivity index (χ1n) is 8.64. The standard InChI is InChI=1S/C20H14F2N4O5S/c1-31-16-7-3-12(19(27)28)8-17(16)32(29,30)26-15-6-5-14(21)13(18(15)22)4-2-11-9-24-20(23)25-10-11/h3,5-10,26H,1H3,(H,27,28)(H2,23,24,25). The molecule has 32 heavy (non-hydrogen) atoms. The van der Waals surface area contributed by atoms with Crippen LogP contribution in [0.1, 0.15) is 21.5 Å². The number of ether oxygens (including phenoxy) is 1. The molecule has 0 aliphatic carbocycles. The van der Waals surface area contributed by atoms with Crippen LogP contribution < -0.4 is 15.2 Å². The van der Waals surface area contributed by atoms with Gasteiger partial charge in [0.2, 0.25) is 5.95 Å². The smallest absolute Gasteiger partial charge is 0.335 e. The Bertz CT molecular complexity index is 1370. The van der Waals surface area contributed by atoms with Gasteiger partial charge in [-0.15, -0.1) is 0 Å². The van der Waals surface area contributed by atoms with E-state index in [1.807, 2.05) is 4.72 Å². The maximum atomic E-state index is 14.9. The van der Waals surface area contributed by atoms with Crippen molar-refractivity contribution in [2.45, 2.75) is 4.90 Å². The number of nitrogens with zero attached hydrogens (tertiary/aromatic N) is 2. The van der Waals surface area contributed by atoms with Crippen LogP contribution >= 0.6 is 0 Å². The van der Waals surface area contributed by atoms with Crippen molar-refractivity contribution < 1.29 is 31.8 Å². The molecule has 0 atom stereocenters. The Morgan fingerprint density at radius 3 is 2.47 bits per heavy atom. The lowest BCUT2D eigenvalue weighted by atomic mass is 10.1. The van der Waals surface area contributed by atoms with Crippen molar-refractivity contribution in [3.63, 3.8) is 0 Å². The first kappa shape index (κ1) is 22.4. The monoisotopic (exact) mass is 460 g/mol. The zero-order chi connectivity index (χ0) is 23.5. The highest BCUT2D eigenvalue weighted by Crippen LogP contribution is 2.29. The number of methoxy groups -OCH3 is 1. The summed E-state index contributed by atoms with van der Waals surface area (Å²) in [5.41, 5.74) is 3.94. The number of benzene rings is 2. The Kier molecular flexibility index (Phi) is 6.22. The second kappa shape index (κ2) is 8.86. The minimum atomic E-state index is -4.52. The lowest BCUT2D eigenvalue weighted by molar-refractivity contribution is 0.0696. The first-order chi connectivity index (χ1) is 15.1. The molecule has 0 saturated carbocycles. The number of rotatable bonds is 5. The van der Waals surface area contributed by atoms with Crippen molar-refractivity contribution in [3.8, 4) is 17.6 Å². The first-order valence-corrected chi connectivity index (χ1v) is 10.1. The summed E-state index contributed by atoms with van der Waals surface area (Å²) in [5.74, 6) is 0.873. The zero-order valence-corrected chi connectivity index (χ0v) is 17.1. The SMILES string of the molecule is COc1ccc(C(=O)O)cc1S(=O)(=O)Nc1ccc(F)c(C#Cc2cnc(N)nc2)c1F. The summed E-state index contributed by atoms with van der Waals surface area (Å²) in [4.78, 5) is 18.1. The van der Waals surface area contributed by atoms with E-state index in [0.717, 1.165) is 30.3 Å². The van der Waals surface area contributed by atoms with E-state index in [-0.39, 0.29) is 22.8 Å². The van der Waals surface area contributed by atoms with Crippen LogP contribution in [0.3, 0.4) is 0 Å². The van der Waals surface area contributed by atoms with Crippen LogP contribution in [0.25, 0.3) is 0 Å². The molecule has 0 aliphatic heterocycles. The topological polar surface area (TPSA) is 144 Å². The summed E-state index contributed by atoms with van der Waals surface area (Å²) in [7, 11) is -3.34. The van der Waals surface area contributed by atoms with E-state index in [9.17, 15) is 22.0 Å². The van der Waals surface area contributed by atoms with Gasteiger partial charge in [-0.1, -0.05) is 11.8 Å². The number of hydrogen-bond donors (Lipinski definition) is 3. The van der Waals surface area contributed by atoms with E-state index in [2.05, 4.69) is 21.8 Å². The van der Waals surface area contributed by atoms with Gasteiger partial charge < -0.3 is 15.6 Å². The van der Waals surface area contributed by atoms with Crippen molar-refractivity contribution in [1.29, 1.82) is 0 Å². The minimum absolute atomic E-state index is 0.00768. The van der Waals surface area contributed by atoms with E-state index < -0.39 is 43.8 Å². The number of carboxylic acids is 1. The molecule has 1 heterocycles. The number of sulfonamides is 1. The van der Waals surface area contributed by atoms with Gasteiger partial charge in [0, 0.05) is 12.4 Å². The molecular formula is C20H14F2N4O5S. The van der Waals surface area contributed by atoms with Crippen LogP contribution in [0, 0.1) is 23.5 Å². The van der Waals surface area contributed by atoms with Crippen LogP contribution in [0.2, 0.25) is 0 Å². The molecule has 4 N–H and O–H groups in total. The normalized spacial score (nSPS) is 10.7. The summed E-state index contributed by atoms with van der Waals surface area (Å²) in [5, 5.41) is 9.12. The van der Waals surface area contributed by atoms with Gasteiger partial charge in [0.15, 0.2) is 5.82 Å². The van der Waals surface area contributed by atoms with Crippen LogP contribution in [-0.4, -0.2) is 36.6 Å². The van der Waals surface area contributed by atoms with E-state index in [1.165, 1.54) is 19.5 Å². The second-order valence-corrected chi connectivity index (χ2v) is 7.79. The number of hydrogen-bond acceptors (Lipinski definition) is 7. The molecule has 0 bridgehead atoms. The summed E-state index contributed by atoms with van der Waals surface area (Å²) >= 11 is 0. The molecule has 164 valence electrons. The molecule has 3 aromatic rings. The van der Waals surface area contributed by atoms with Crippen molar-refractivity contribution in [2.24, 2.45) is 0 Å². The number of nitrogens with one attached hydrogen (secondary N) is 1. The van der Waals surface area contributed by atoms with Gasteiger partial charge in [0.1, 0.15) is 16.5 Å². The highest BCUT2D eigenvalue weighted by molar-refractivity contribution is 7.92. The van der Waals surface area contributed by atoms with Crippen LogP contribution in [0.4, 0.5) is 20.4 Å². The van der Waals surface area contributed by atoms with Gasteiger partial charge in [0.25, 0.3) is 10.0 Å². The van der Waals surface area contributed by atoms with Crippen molar-refractivity contribution in [3.05, 3.63) is 71.1 Å². The van der Waals surface area contributed by atoms with Gasteiger partial charge in [0.05, 0.1) is 29.5 Å². The van der Waals surface area contributed by atoms with Gasteiger partial charge in [-0.05, 0) is 30.3 Å². The maximum Gasteiger partial charge on any atom is 0.335 e. The molecule has 3 rings (SSSR count). The quantitative estimate of drug-likeness (QED) is 0.492. The average Bonchev–Trinajstić information content (AvgIpc) is 2.76. The highest BCUT2D eigenvalue weighted by atomic mass is 32.2. The molecule has 0 unspecified atom stereocenters. The molecule has 1 aromatic heterocycles. The number of halogens is 2. The molecule has 9 nitrogen and oxygen atoms in total. The summed E-state index contributed by atoms with van der Waals surface area (Å²) in [6, 6.07) is 4.84. The number of aromatic nitrogens is 2. The number of anilines is 2. The number of carbonyl (C=O) groups is 1. The lowest BCUT2D eigenvalue weighted by Crippen LogP contribution is -2.16. The van der Waals surface area contributed by atoms with Crippen LogP contribution in [0.5, 0.6) is 5.75 Å². The van der Waals surface area contributed by atoms with Crippen molar-refractivity contribution >= 4 is 27.6 Å². The molecule has 0 amide bonds. The van der Waals surface area contributed by atoms with Crippen LogP contribution in [-0.2, 0) is 10.0 Å². The number of nitrogen functional groups attached to an aromatic ring is 1. The maximum absolute atomic E-state index is 14.9. The third-order valence-electron chi connectivity index (χ3n) is 4.04. The molecule has 0 fully saturated rings. The zero-order valence-electron chi connectivity index (χ0n) is 16.3. The Morgan fingerprint density at radius 1 is 1.16 bits per heavy atom.